The maximum absolute atomic E-state index is 5.96. The Hall–Kier alpha value is -2.50. The molecule has 1 aliphatic heterocycles. The van der Waals surface area contributed by atoms with Crippen molar-refractivity contribution in [1.29, 1.82) is 0 Å². The van der Waals surface area contributed by atoms with Crippen LogP contribution in [0.1, 0.15) is 30.9 Å². The van der Waals surface area contributed by atoms with Crippen LogP contribution in [-0.2, 0) is 6.54 Å². The zero-order chi connectivity index (χ0) is 20.9. The van der Waals surface area contributed by atoms with E-state index in [4.69, 9.17) is 20.8 Å². The van der Waals surface area contributed by atoms with Crippen LogP contribution in [-0.4, -0.2) is 35.6 Å². The highest BCUT2D eigenvalue weighted by Crippen LogP contribution is 2.25. The van der Waals surface area contributed by atoms with Gasteiger partial charge in [0.05, 0.1) is 6.61 Å². The summed E-state index contributed by atoms with van der Waals surface area (Å²) in [5.74, 6) is 0.993. The number of nitrogens with one attached hydrogen (secondary N) is 1. The molecule has 158 valence electrons. The molecular formula is C24H28ClN3O2. The molecule has 0 spiro atoms. The number of nitrogens with zero attached hydrogens (tertiary/aromatic N) is 2. The Bertz CT molecular complexity index is 963. The van der Waals surface area contributed by atoms with E-state index < -0.39 is 0 Å². The van der Waals surface area contributed by atoms with E-state index in [9.17, 15) is 0 Å². The minimum atomic E-state index is 0.370. The molecule has 2 aromatic carbocycles. The van der Waals surface area contributed by atoms with Crippen LogP contribution in [0.5, 0.6) is 5.75 Å². The van der Waals surface area contributed by atoms with Gasteiger partial charge in [0.25, 0.3) is 6.01 Å². The topological polar surface area (TPSA) is 50.5 Å². The van der Waals surface area contributed by atoms with Gasteiger partial charge in [0.1, 0.15) is 17.7 Å². The Labute approximate surface area is 183 Å². The highest BCUT2D eigenvalue weighted by molar-refractivity contribution is 6.30. The zero-order valence-electron chi connectivity index (χ0n) is 17.5. The van der Waals surface area contributed by atoms with E-state index in [0.29, 0.717) is 23.7 Å². The van der Waals surface area contributed by atoms with Crippen LogP contribution in [0.2, 0.25) is 5.02 Å². The number of rotatable bonds is 7. The summed E-state index contributed by atoms with van der Waals surface area (Å²) in [6, 6.07) is 15.1. The molecule has 0 amide bonds. The van der Waals surface area contributed by atoms with Gasteiger partial charge in [-0.05, 0) is 56.0 Å². The number of hydrogen-bond donors (Lipinski definition) is 1. The third-order valence-electron chi connectivity index (χ3n) is 5.52. The molecule has 30 heavy (non-hydrogen) atoms. The van der Waals surface area contributed by atoms with Crippen LogP contribution >= 0.6 is 11.6 Å². The molecule has 6 heteroatoms. The van der Waals surface area contributed by atoms with Crippen molar-refractivity contribution in [1.82, 2.24) is 9.88 Å². The molecule has 0 bridgehead atoms. The van der Waals surface area contributed by atoms with Crippen LogP contribution in [0.3, 0.4) is 0 Å². The fourth-order valence-corrected chi connectivity index (χ4v) is 3.94. The number of aryl methyl sites for hydroxylation is 1. The number of halogens is 1. The predicted octanol–water partition coefficient (Wildman–Crippen LogP) is 5.78. The average Bonchev–Trinajstić information content (AvgIpc) is 3.21. The number of anilines is 1. The summed E-state index contributed by atoms with van der Waals surface area (Å²) < 4.78 is 11.4. The fourth-order valence-electron chi connectivity index (χ4n) is 3.82. The van der Waals surface area contributed by atoms with Crippen molar-refractivity contribution >= 4 is 17.6 Å². The Balaban J connectivity index is 1.29. The van der Waals surface area contributed by atoms with Crippen molar-refractivity contribution in [2.24, 2.45) is 0 Å². The van der Waals surface area contributed by atoms with Gasteiger partial charge in [0.2, 0.25) is 0 Å². The maximum atomic E-state index is 5.96. The van der Waals surface area contributed by atoms with Crippen LogP contribution in [0, 0.1) is 6.92 Å². The molecule has 1 saturated heterocycles. The molecule has 1 N–H and O–H groups in total. The average molecular weight is 426 g/mol. The minimum Gasteiger partial charge on any atom is -0.494 e. The highest BCUT2D eigenvalue weighted by Gasteiger charge is 2.21. The highest BCUT2D eigenvalue weighted by atomic mass is 35.5. The van der Waals surface area contributed by atoms with Gasteiger partial charge in [-0.3, -0.25) is 4.90 Å². The van der Waals surface area contributed by atoms with Crippen LogP contribution in [0.25, 0.3) is 11.3 Å². The number of piperidine rings is 1. The van der Waals surface area contributed by atoms with E-state index >= 15 is 0 Å². The van der Waals surface area contributed by atoms with Gasteiger partial charge in [0.15, 0.2) is 0 Å². The standard InChI is InChI=1S/C24H28ClN3O2/c1-3-29-23-14-18(5-4-17(23)2)15-28-12-10-21(11-13-28)26-24-27-22(16-30-24)19-6-8-20(25)9-7-19/h4-9,14,16,21H,3,10-13,15H2,1-2H3,(H,26,27). The van der Waals surface area contributed by atoms with Gasteiger partial charge in [-0.2, -0.15) is 4.98 Å². The fraction of sp³-hybridized carbons (Fsp3) is 0.375. The SMILES string of the molecule is CCOc1cc(CN2CCC(Nc3nc(-c4ccc(Cl)cc4)co3)CC2)ccc1C. The van der Waals surface area contributed by atoms with E-state index in [0.717, 1.165) is 49.5 Å². The molecule has 1 aliphatic rings. The number of likely N-dealkylation sites (tertiary alicyclic amines) is 1. The summed E-state index contributed by atoms with van der Waals surface area (Å²) in [5.41, 5.74) is 4.30. The molecule has 4 rings (SSSR count). The second kappa shape index (κ2) is 9.54. The third-order valence-corrected chi connectivity index (χ3v) is 5.77. The molecule has 0 aliphatic carbocycles. The smallest absolute Gasteiger partial charge is 0.295 e. The molecule has 1 fully saturated rings. The van der Waals surface area contributed by atoms with Crippen molar-refractivity contribution in [3.63, 3.8) is 0 Å². The second-order valence-corrected chi connectivity index (χ2v) is 8.21. The quantitative estimate of drug-likeness (QED) is 0.520. The lowest BCUT2D eigenvalue weighted by molar-refractivity contribution is 0.210. The lowest BCUT2D eigenvalue weighted by atomic mass is 10.0. The minimum absolute atomic E-state index is 0.370. The number of oxazole rings is 1. The van der Waals surface area contributed by atoms with Gasteiger partial charge in [0, 0.05) is 36.3 Å². The van der Waals surface area contributed by atoms with E-state index in [1.54, 1.807) is 6.26 Å². The van der Waals surface area contributed by atoms with Crippen LogP contribution in [0.15, 0.2) is 53.1 Å². The van der Waals surface area contributed by atoms with Gasteiger partial charge < -0.3 is 14.5 Å². The number of ether oxygens (including phenoxy) is 1. The molecule has 3 aromatic rings. The maximum Gasteiger partial charge on any atom is 0.295 e. The molecule has 1 aromatic heterocycles. The first kappa shape index (κ1) is 20.8. The van der Waals surface area contributed by atoms with Gasteiger partial charge >= 0.3 is 0 Å². The molecular weight excluding hydrogens is 398 g/mol. The Morgan fingerprint density at radius 1 is 1.17 bits per heavy atom. The zero-order valence-corrected chi connectivity index (χ0v) is 18.3. The van der Waals surface area contributed by atoms with Gasteiger partial charge in [-0.15, -0.1) is 0 Å². The second-order valence-electron chi connectivity index (χ2n) is 7.77. The van der Waals surface area contributed by atoms with Crippen molar-refractivity contribution in [3.05, 3.63) is 64.9 Å². The molecule has 2 heterocycles. The normalized spacial score (nSPS) is 15.3. The van der Waals surface area contributed by atoms with E-state index in [-0.39, 0.29) is 0 Å². The first-order valence-corrected chi connectivity index (χ1v) is 10.9. The van der Waals surface area contributed by atoms with Crippen LogP contribution < -0.4 is 10.1 Å². The lowest BCUT2D eigenvalue weighted by Crippen LogP contribution is -2.38. The van der Waals surface area contributed by atoms with E-state index in [1.165, 1.54) is 11.1 Å². The monoisotopic (exact) mass is 425 g/mol. The molecule has 0 saturated carbocycles. The number of benzene rings is 2. The Kier molecular flexibility index (Phi) is 6.60. The first-order chi connectivity index (χ1) is 14.6. The summed E-state index contributed by atoms with van der Waals surface area (Å²) in [7, 11) is 0. The van der Waals surface area contributed by atoms with Crippen molar-refractivity contribution < 1.29 is 9.15 Å². The largest absolute Gasteiger partial charge is 0.494 e. The molecule has 0 unspecified atom stereocenters. The molecule has 0 radical (unpaired) electrons. The summed E-state index contributed by atoms with van der Waals surface area (Å²) in [4.78, 5) is 7.07. The molecule has 5 nitrogen and oxygen atoms in total. The third kappa shape index (κ3) is 5.15. The number of hydrogen-bond acceptors (Lipinski definition) is 5. The number of aromatic nitrogens is 1. The Morgan fingerprint density at radius 2 is 1.93 bits per heavy atom. The Morgan fingerprint density at radius 3 is 2.67 bits per heavy atom. The summed E-state index contributed by atoms with van der Waals surface area (Å²) in [6.07, 6.45) is 3.81. The predicted molar refractivity (Wildman–Crippen MR) is 121 cm³/mol. The van der Waals surface area contributed by atoms with E-state index in [2.05, 4.69) is 40.3 Å². The first-order valence-electron chi connectivity index (χ1n) is 10.5. The van der Waals surface area contributed by atoms with Gasteiger partial charge in [-0.25, -0.2) is 0 Å². The lowest BCUT2D eigenvalue weighted by Gasteiger charge is -2.32. The van der Waals surface area contributed by atoms with Crippen LogP contribution in [0.4, 0.5) is 6.01 Å². The van der Waals surface area contributed by atoms with Gasteiger partial charge in [-0.1, -0.05) is 35.9 Å². The van der Waals surface area contributed by atoms with Crippen molar-refractivity contribution in [3.8, 4) is 17.0 Å². The van der Waals surface area contributed by atoms with Crippen molar-refractivity contribution in [2.45, 2.75) is 39.3 Å². The van der Waals surface area contributed by atoms with E-state index in [1.807, 2.05) is 31.2 Å². The summed E-state index contributed by atoms with van der Waals surface area (Å²) in [6.45, 7) is 7.85. The summed E-state index contributed by atoms with van der Waals surface area (Å²) in [5, 5.41) is 4.16. The summed E-state index contributed by atoms with van der Waals surface area (Å²) >= 11 is 5.96. The van der Waals surface area contributed by atoms with Crippen molar-refractivity contribution in [2.75, 3.05) is 25.0 Å². The molecule has 0 atom stereocenters.